The summed E-state index contributed by atoms with van der Waals surface area (Å²) >= 11 is 0. The molecule has 100 valence electrons. The smallest absolute Gasteiger partial charge is 0.118 e. The summed E-state index contributed by atoms with van der Waals surface area (Å²) in [6.07, 6.45) is 2.54. The van der Waals surface area contributed by atoms with Gasteiger partial charge in [0.25, 0.3) is 0 Å². The van der Waals surface area contributed by atoms with Crippen molar-refractivity contribution in [2.75, 3.05) is 26.7 Å². The highest BCUT2D eigenvalue weighted by molar-refractivity contribution is 5.27. The van der Waals surface area contributed by atoms with Crippen LogP contribution >= 0.6 is 0 Å². The molecule has 1 saturated heterocycles. The van der Waals surface area contributed by atoms with Crippen molar-refractivity contribution in [1.29, 1.82) is 0 Å². The molecule has 0 saturated carbocycles. The van der Waals surface area contributed by atoms with Crippen LogP contribution in [-0.2, 0) is 6.54 Å². The predicted molar refractivity (Wildman–Crippen MR) is 75.0 cm³/mol. The first-order valence-corrected chi connectivity index (χ1v) is 6.90. The Balaban J connectivity index is 1.80. The van der Waals surface area contributed by atoms with Gasteiger partial charge in [-0.25, -0.2) is 0 Å². The number of ether oxygens (including phenoxy) is 1. The summed E-state index contributed by atoms with van der Waals surface area (Å²) in [7, 11) is 1.71. The summed E-state index contributed by atoms with van der Waals surface area (Å²) in [4.78, 5) is 2.54. The van der Waals surface area contributed by atoms with Gasteiger partial charge in [-0.15, -0.1) is 0 Å². The van der Waals surface area contributed by atoms with E-state index in [2.05, 4.69) is 29.3 Å². The molecule has 1 heterocycles. The van der Waals surface area contributed by atoms with Crippen LogP contribution in [0.2, 0.25) is 0 Å². The van der Waals surface area contributed by atoms with Gasteiger partial charge in [0.05, 0.1) is 7.11 Å². The van der Waals surface area contributed by atoms with Crippen molar-refractivity contribution in [1.82, 2.24) is 10.2 Å². The third kappa shape index (κ3) is 3.72. The first-order chi connectivity index (χ1) is 8.81. The van der Waals surface area contributed by atoms with E-state index in [1.54, 1.807) is 7.11 Å². The van der Waals surface area contributed by atoms with Crippen LogP contribution in [0.1, 0.15) is 25.3 Å². The molecular weight excluding hydrogens is 224 g/mol. The van der Waals surface area contributed by atoms with Gasteiger partial charge >= 0.3 is 0 Å². The van der Waals surface area contributed by atoms with Gasteiger partial charge in [0.2, 0.25) is 0 Å². The minimum atomic E-state index is 0.724. The maximum absolute atomic E-state index is 5.18. The molecule has 0 aromatic heterocycles. The first-order valence-electron chi connectivity index (χ1n) is 6.90. The van der Waals surface area contributed by atoms with Crippen LogP contribution in [0.4, 0.5) is 0 Å². The zero-order valence-electron chi connectivity index (χ0n) is 11.5. The maximum atomic E-state index is 5.18. The summed E-state index contributed by atoms with van der Waals surface area (Å²) in [6, 6.07) is 9.13. The lowest BCUT2D eigenvalue weighted by Gasteiger charge is -2.32. The monoisotopic (exact) mass is 248 g/mol. The lowest BCUT2D eigenvalue weighted by atomic mass is 10.0. The van der Waals surface area contributed by atoms with Gasteiger partial charge in [0.1, 0.15) is 5.75 Å². The van der Waals surface area contributed by atoms with Crippen LogP contribution in [0, 0.1) is 0 Å². The highest BCUT2D eigenvalue weighted by Crippen LogP contribution is 2.16. The molecule has 1 N–H and O–H groups in total. The van der Waals surface area contributed by atoms with Crippen molar-refractivity contribution in [3.63, 3.8) is 0 Å². The Bertz CT molecular complexity index is 342. The highest BCUT2D eigenvalue weighted by atomic mass is 16.5. The van der Waals surface area contributed by atoms with E-state index < -0.39 is 0 Å². The van der Waals surface area contributed by atoms with Crippen LogP contribution in [0.3, 0.4) is 0 Å². The molecule has 0 amide bonds. The third-order valence-electron chi connectivity index (χ3n) is 3.65. The van der Waals surface area contributed by atoms with E-state index in [-0.39, 0.29) is 0 Å². The van der Waals surface area contributed by atoms with Crippen LogP contribution < -0.4 is 10.1 Å². The number of hydrogen-bond donors (Lipinski definition) is 1. The number of nitrogens with zero attached hydrogens (tertiary/aromatic N) is 1. The second kappa shape index (κ2) is 6.76. The number of nitrogens with one attached hydrogen (secondary N) is 1. The summed E-state index contributed by atoms with van der Waals surface area (Å²) in [5.74, 6) is 0.935. The minimum absolute atomic E-state index is 0.724. The Morgan fingerprint density at radius 1 is 1.22 bits per heavy atom. The van der Waals surface area contributed by atoms with E-state index >= 15 is 0 Å². The van der Waals surface area contributed by atoms with Crippen molar-refractivity contribution in [3.8, 4) is 5.75 Å². The third-order valence-corrected chi connectivity index (χ3v) is 3.65. The van der Waals surface area contributed by atoms with E-state index in [1.165, 1.54) is 31.5 Å². The lowest BCUT2D eigenvalue weighted by Crippen LogP contribution is -2.42. The molecule has 3 nitrogen and oxygen atoms in total. The molecule has 0 aliphatic carbocycles. The Hall–Kier alpha value is -1.06. The average Bonchev–Trinajstić information content (AvgIpc) is 2.42. The average molecular weight is 248 g/mol. The summed E-state index contributed by atoms with van der Waals surface area (Å²) in [5.41, 5.74) is 1.37. The van der Waals surface area contributed by atoms with Crippen LogP contribution in [0.5, 0.6) is 5.75 Å². The van der Waals surface area contributed by atoms with Gasteiger partial charge in [-0.05, 0) is 50.2 Å². The lowest BCUT2D eigenvalue weighted by molar-refractivity contribution is 0.192. The van der Waals surface area contributed by atoms with Crippen molar-refractivity contribution >= 4 is 0 Å². The normalized spacial score (nSPS) is 17.9. The summed E-state index contributed by atoms with van der Waals surface area (Å²) < 4.78 is 5.18. The maximum Gasteiger partial charge on any atom is 0.118 e. The molecule has 1 aromatic rings. The predicted octanol–water partition coefficient (Wildman–Crippen LogP) is 2.27. The molecule has 0 radical (unpaired) electrons. The fourth-order valence-corrected chi connectivity index (χ4v) is 2.57. The minimum Gasteiger partial charge on any atom is -0.497 e. The Labute approximate surface area is 110 Å². The second-order valence-electron chi connectivity index (χ2n) is 4.96. The fourth-order valence-electron chi connectivity index (χ4n) is 2.57. The quantitative estimate of drug-likeness (QED) is 0.865. The van der Waals surface area contributed by atoms with Gasteiger partial charge in [0, 0.05) is 12.6 Å². The molecule has 18 heavy (non-hydrogen) atoms. The highest BCUT2D eigenvalue weighted by Gasteiger charge is 2.17. The second-order valence-corrected chi connectivity index (χ2v) is 4.96. The molecule has 3 heteroatoms. The first kappa shape index (κ1) is 13.4. The Morgan fingerprint density at radius 3 is 2.44 bits per heavy atom. The van der Waals surface area contributed by atoms with Crippen LogP contribution in [-0.4, -0.2) is 37.7 Å². The zero-order valence-corrected chi connectivity index (χ0v) is 11.5. The summed E-state index contributed by atoms with van der Waals surface area (Å²) in [6.45, 7) is 6.73. The Morgan fingerprint density at radius 2 is 1.89 bits per heavy atom. The van der Waals surface area contributed by atoms with Gasteiger partial charge in [-0.3, -0.25) is 4.90 Å². The van der Waals surface area contributed by atoms with Gasteiger partial charge < -0.3 is 10.1 Å². The number of likely N-dealkylation sites (tertiary alicyclic amines) is 1. The molecule has 0 atom stereocenters. The molecule has 1 aliphatic heterocycles. The van der Waals surface area contributed by atoms with Gasteiger partial charge in [-0.1, -0.05) is 19.1 Å². The molecular formula is C15H24N2O. The van der Waals surface area contributed by atoms with Crippen molar-refractivity contribution in [3.05, 3.63) is 29.8 Å². The fraction of sp³-hybridized carbons (Fsp3) is 0.600. The molecule has 1 aromatic carbocycles. The van der Waals surface area contributed by atoms with E-state index in [4.69, 9.17) is 4.74 Å². The van der Waals surface area contributed by atoms with Crippen molar-refractivity contribution in [2.24, 2.45) is 0 Å². The van der Waals surface area contributed by atoms with E-state index in [0.717, 1.165) is 24.9 Å². The van der Waals surface area contributed by atoms with Gasteiger partial charge in [-0.2, -0.15) is 0 Å². The van der Waals surface area contributed by atoms with E-state index in [9.17, 15) is 0 Å². The molecule has 0 unspecified atom stereocenters. The van der Waals surface area contributed by atoms with Gasteiger partial charge in [0.15, 0.2) is 0 Å². The molecule has 1 fully saturated rings. The molecule has 0 spiro atoms. The Kier molecular flexibility index (Phi) is 5.02. The van der Waals surface area contributed by atoms with E-state index in [1.807, 2.05) is 12.1 Å². The number of piperidine rings is 1. The van der Waals surface area contributed by atoms with Crippen molar-refractivity contribution < 1.29 is 4.74 Å². The number of rotatable bonds is 5. The van der Waals surface area contributed by atoms with Crippen LogP contribution in [0.15, 0.2) is 24.3 Å². The number of methoxy groups -OCH3 is 1. The summed E-state index contributed by atoms with van der Waals surface area (Å²) in [5, 5.41) is 3.54. The number of benzene rings is 1. The standard InChI is InChI=1S/C15H24N2O/c1-3-16-14-8-10-17(11-9-14)12-13-4-6-15(18-2)7-5-13/h4-7,14,16H,3,8-12H2,1-2H3. The molecule has 2 rings (SSSR count). The topological polar surface area (TPSA) is 24.5 Å². The molecule has 1 aliphatic rings. The largest absolute Gasteiger partial charge is 0.497 e. The molecule has 0 bridgehead atoms. The van der Waals surface area contributed by atoms with Crippen LogP contribution in [0.25, 0.3) is 0 Å². The zero-order chi connectivity index (χ0) is 12.8. The van der Waals surface area contributed by atoms with E-state index in [0.29, 0.717) is 0 Å². The number of hydrogen-bond acceptors (Lipinski definition) is 3. The van der Waals surface area contributed by atoms with Crippen molar-refractivity contribution in [2.45, 2.75) is 32.4 Å². The SMILES string of the molecule is CCNC1CCN(Cc2ccc(OC)cc2)CC1.